The first-order chi connectivity index (χ1) is 7.59. The fourth-order valence-corrected chi connectivity index (χ4v) is 1.22. The third kappa shape index (κ3) is 4.13. The minimum atomic E-state index is -0.00476. The van der Waals surface area contributed by atoms with E-state index in [4.69, 9.17) is 5.73 Å². The molecular weight excluding hydrogens is 202 g/mol. The predicted molar refractivity (Wildman–Crippen MR) is 65.7 cm³/mol. The SMILES string of the molecule is CC(=O)NCCC=Cc1cc(C)c(N)cn1. The van der Waals surface area contributed by atoms with E-state index >= 15 is 0 Å². The highest BCUT2D eigenvalue weighted by Crippen LogP contribution is 2.10. The smallest absolute Gasteiger partial charge is 0.216 e. The molecule has 0 bridgehead atoms. The molecule has 0 atom stereocenters. The lowest BCUT2D eigenvalue weighted by Crippen LogP contribution is -2.20. The number of nitrogens with two attached hydrogens (primary N) is 1. The summed E-state index contributed by atoms with van der Waals surface area (Å²) in [6.07, 6.45) is 6.36. The van der Waals surface area contributed by atoms with Crippen molar-refractivity contribution < 1.29 is 4.79 Å². The van der Waals surface area contributed by atoms with Gasteiger partial charge in [-0.2, -0.15) is 0 Å². The number of rotatable bonds is 4. The Bertz CT molecular complexity index is 399. The summed E-state index contributed by atoms with van der Waals surface area (Å²) in [5.74, 6) is -0.00476. The van der Waals surface area contributed by atoms with E-state index in [9.17, 15) is 4.79 Å². The van der Waals surface area contributed by atoms with Crippen molar-refractivity contribution in [1.82, 2.24) is 10.3 Å². The number of nitrogens with one attached hydrogen (secondary N) is 1. The second-order valence-corrected chi connectivity index (χ2v) is 3.64. The van der Waals surface area contributed by atoms with E-state index in [-0.39, 0.29) is 5.91 Å². The molecule has 0 radical (unpaired) electrons. The predicted octanol–water partition coefficient (Wildman–Crippen LogP) is 1.51. The summed E-state index contributed by atoms with van der Waals surface area (Å²) in [4.78, 5) is 14.8. The van der Waals surface area contributed by atoms with Crippen LogP contribution in [-0.4, -0.2) is 17.4 Å². The Balaban J connectivity index is 2.44. The van der Waals surface area contributed by atoms with Gasteiger partial charge in [0.2, 0.25) is 5.91 Å². The fraction of sp³-hybridized carbons (Fsp3) is 0.333. The summed E-state index contributed by atoms with van der Waals surface area (Å²) >= 11 is 0. The number of aryl methyl sites for hydroxylation is 1. The number of hydrogen-bond acceptors (Lipinski definition) is 3. The van der Waals surface area contributed by atoms with Gasteiger partial charge in [-0.25, -0.2) is 0 Å². The zero-order chi connectivity index (χ0) is 12.0. The second kappa shape index (κ2) is 5.90. The van der Waals surface area contributed by atoms with E-state index in [1.807, 2.05) is 25.1 Å². The van der Waals surface area contributed by atoms with Crippen LogP contribution in [0.15, 0.2) is 18.3 Å². The maximum absolute atomic E-state index is 10.6. The molecule has 0 aromatic carbocycles. The monoisotopic (exact) mass is 219 g/mol. The first-order valence-corrected chi connectivity index (χ1v) is 5.22. The summed E-state index contributed by atoms with van der Waals surface area (Å²) in [5, 5.41) is 2.72. The van der Waals surface area contributed by atoms with Crippen molar-refractivity contribution in [2.45, 2.75) is 20.3 Å². The number of nitrogens with zero attached hydrogens (tertiary/aromatic N) is 1. The van der Waals surface area contributed by atoms with Gasteiger partial charge in [-0.15, -0.1) is 0 Å². The van der Waals surface area contributed by atoms with E-state index in [2.05, 4.69) is 10.3 Å². The zero-order valence-electron chi connectivity index (χ0n) is 9.66. The van der Waals surface area contributed by atoms with Crippen LogP contribution in [0.1, 0.15) is 24.6 Å². The highest BCUT2D eigenvalue weighted by atomic mass is 16.1. The number of aromatic nitrogens is 1. The van der Waals surface area contributed by atoms with Crippen LogP contribution in [0.5, 0.6) is 0 Å². The van der Waals surface area contributed by atoms with E-state index in [1.54, 1.807) is 6.20 Å². The standard InChI is InChI=1S/C12H17N3O/c1-9-7-11(15-8-12(9)13)5-3-4-6-14-10(2)16/h3,5,7-8H,4,6,13H2,1-2H3,(H,14,16). The van der Waals surface area contributed by atoms with Gasteiger partial charge in [0.1, 0.15) is 0 Å². The molecule has 0 spiro atoms. The molecule has 1 heterocycles. The lowest BCUT2D eigenvalue weighted by Gasteiger charge is -2.00. The van der Waals surface area contributed by atoms with Gasteiger partial charge in [-0.1, -0.05) is 6.08 Å². The molecule has 0 aliphatic heterocycles. The van der Waals surface area contributed by atoms with Crippen molar-refractivity contribution in [3.63, 3.8) is 0 Å². The van der Waals surface area contributed by atoms with Crippen LogP contribution in [0.3, 0.4) is 0 Å². The van der Waals surface area contributed by atoms with Gasteiger partial charge in [-0.05, 0) is 31.1 Å². The highest BCUT2D eigenvalue weighted by Gasteiger charge is 1.94. The van der Waals surface area contributed by atoms with Crippen LogP contribution < -0.4 is 11.1 Å². The van der Waals surface area contributed by atoms with Crippen LogP contribution >= 0.6 is 0 Å². The molecule has 16 heavy (non-hydrogen) atoms. The Morgan fingerprint density at radius 3 is 3.00 bits per heavy atom. The van der Waals surface area contributed by atoms with Crippen LogP contribution in [-0.2, 0) is 4.79 Å². The third-order valence-corrected chi connectivity index (χ3v) is 2.15. The number of nitrogen functional groups attached to an aromatic ring is 1. The van der Waals surface area contributed by atoms with Crippen molar-refractivity contribution in [3.8, 4) is 0 Å². The van der Waals surface area contributed by atoms with E-state index in [0.717, 1.165) is 17.7 Å². The molecule has 1 aromatic heterocycles. The van der Waals surface area contributed by atoms with Gasteiger partial charge < -0.3 is 11.1 Å². The van der Waals surface area contributed by atoms with Crippen molar-refractivity contribution in [2.75, 3.05) is 12.3 Å². The number of pyridine rings is 1. The molecule has 0 unspecified atom stereocenters. The van der Waals surface area contributed by atoms with Gasteiger partial charge >= 0.3 is 0 Å². The molecule has 1 amide bonds. The molecule has 1 aromatic rings. The molecule has 0 aliphatic carbocycles. The van der Waals surface area contributed by atoms with Crippen molar-refractivity contribution >= 4 is 17.7 Å². The average Bonchev–Trinajstić information content (AvgIpc) is 2.22. The minimum Gasteiger partial charge on any atom is -0.397 e. The van der Waals surface area contributed by atoms with Crippen LogP contribution in [0, 0.1) is 6.92 Å². The molecular formula is C12H17N3O. The molecule has 3 N–H and O–H groups in total. The summed E-state index contributed by atoms with van der Waals surface area (Å²) in [6.45, 7) is 4.11. The fourth-order valence-electron chi connectivity index (χ4n) is 1.22. The lowest BCUT2D eigenvalue weighted by molar-refractivity contribution is -0.118. The number of amides is 1. The highest BCUT2D eigenvalue weighted by molar-refractivity contribution is 5.72. The molecule has 86 valence electrons. The maximum Gasteiger partial charge on any atom is 0.216 e. The normalized spacial score (nSPS) is 10.6. The van der Waals surface area contributed by atoms with Gasteiger partial charge in [0, 0.05) is 13.5 Å². The number of carbonyl (C=O) groups is 1. The van der Waals surface area contributed by atoms with Crippen LogP contribution in [0.4, 0.5) is 5.69 Å². The first-order valence-electron chi connectivity index (χ1n) is 5.22. The van der Waals surface area contributed by atoms with E-state index in [0.29, 0.717) is 12.2 Å². The second-order valence-electron chi connectivity index (χ2n) is 3.64. The molecule has 0 aliphatic rings. The van der Waals surface area contributed by atoms with Crippen molar-refractivity contribution in [3.05, 3.63) is 29.6 Å². The van der Waals surface area contributed by atoms with E-state index in [1.165, 1.54) is 6.92 Å². The van der Waals surface area contributed by atoms with Gasteiger partial charge in [0.05, 0.1) is 17.6 Å². The summed E-state index contributed by atoms with van der Waals surface area (Å²) in [7, 11) is 0. The number of hydrogen-bond donors (Lipinski definition) is 2. The van der Waals surface area contributed by atoms with Gasteiger partial charge in [0.15, 0.2) is 0 Å². The van der Waals surface area contributed by atoms with Gasteiger partial charge in [-0.3, -0.25) is 9.78 Å². The molecule has 4 heteroatoms. The molecule has 4 nitrogen and oxygen atoms in total. The molecule has 1 rings (SSSR count). The summed E-state index contributed by atoms with van der Waals surface area (Å²) in [6, 6.07) is 1.93. The maximum atomic E-state index is 10.6. The minimum absolute atomic E-state index is 0.00476. The Morgan fingerprint density at radius 2 is 2.38 bits per heavy atom. The first kappa shape index (κ1) is 12.2. The molecule has 0 saturated heterocycles. The molecule has 0 saturated carbocycles. The number of carbonyl (C=O) groups excluding carboxylic acids is 1. The molecule has 0 fully saturated rings. The number of anilines is 1. The van der Waals surface area contributed by atoms with Crippen molar-refractivity contribution in [2.24, 2.45) is 0 Å². The van der Waals surface area contributed by atoms with Crippen LogP contribution in [0.25, 0.3) is 6.08 Å². The topological polar surface area (TPSA) is 68.0 Å². The lowest BCUT2D eigenvalue weighted by atomic mass is 10.2. The Labute approximate surface area is 95.6 Å². The van der Waals surface area contributed by atoms with Crippen LogP contribution in [0.2, 0.25) is 0 Å². The third-order valence-electron chi connectivity index (χ3n) is 2.15. The quantitative estimate of drug-likeness (QED) is 0.754. The summed E-state index contributed by atoms with van der Waals surface area (Å²) in [5.41, 5.74) is 8.28. The Morgan fingerprint density at radius 1 is 1.62 bits per heavy atom. The Hall–Kier alpha value is -1.84. The average molecular weight is 219 g/mol. The Kier molecular flexibility index (Phi) is 4.51. The summed E-state index contributed by atoms with van der Waals surface area (Å²) < 4.78 is 0. The van der Waals surface area contributed by atoms with Gasteiger partial charge in [0.25, 0.3) is 0 Å². The largest absolute Gasteiger partial charge is 0.397 e. The van der Waals surface area contributed by atoms with E-state index < -0.39 is 0 Å². The van der Waals surface area contributed by atoms with Crippen molar-refractivity contribution in [1.29, 1.82) is 0 Å². The zero-order valence-corrected chi connectivity index (χ0v) is 9.66.